The maximum Gasteiger partial charge on any atom is 0.127 e. The van der Waals surface area contributed by atoms with Crippen LogP contribution in [0.2, 0.25) is 10.0 Å². The largest absolute Gasteiger partial charge is 0.329 e. The highest BCUT2D eigenvalue weighted by Gasteiger charge is 2.16. The Bertz CT molecular complexity index is 577. The Labute approximate surface area is 125 Å². The van der Waals surface area contributed by atoms with Crippen LogP contribution in [0.4, 0.5) is 4.39 Å². The molecule has 0 fully saturated rings. The fourth-order valence-electron chi connectivity index (χ4n) is 1.70. The van der Waals surface area contributed by atoms with Crippen LogP contribution in [0.25, 0.3) is 0 Å². The standard InChI is InChI=1S/C14H12Cl2FNS/c15-9-5-6-11(16)13(7-9)19-14(8-18)10-3-1-2-4-12(10)17/h1-7,14H,8,18H2. The Balaban J connectivity index is 2.29. The third-order valence-corrected chi connectivity index (χ3v) is 4.63. The molecule has 19 heavy (non-hydrogen) atoms. The van der Waals surface area contributed by atoms with Gasteiger partial charge in [0.15, 0.2) is 0 Å². The fraction of sp³-hybridized carbons (Fsp3) is 0.143. The van der Waals surface area contributed by atoms with Crippen LogP contribution in [0.15, 0.2) is 47.4 Å². The van der Waals surface area contributed by atoms with Crippen molar-refractivity contribution < 1.29 is 4.39 Å². The molecule has 2 aromatic carbocycles. The zero-order chi connectivity index (χ0) is 13.8. The van der Waals surface area contributed by atoms with Gasteiger partial charge in [-0.2, -0.15) is 0 Å². The van der Waals surface area contributed by atoms with Gasteiger partial charge in [-0.3, -0.25) is 0 Å². The minimum Gasteiger partial charge on any atom is -0.329 e. The van der Waals surface area contributed by atoms with E-state index in [0.29, 0.717) is 22.2 Å². The van der Waals surface area contributed by atoms with E-state index in [1.54, 1.807) is 36.4 Å². The first-order valence-electron chi connectivity index (χ1n) is 5.68. The molecular weight excluding hydrogens is 304 g/mol. The van der Waals surface area contributed by atoms with Gasteiger partial charge in [0.05, 0.1) is 5.02 Å². The summed E-state index contributed by atoms with van der Waals surface area (Å²) < 4.78 is 13.8. The quantitative estimate of drug-likeness (QED) is 0.810. The van der Waals surface area contributed by atoms with Gasteiger partial charge in [-0.05, 0) is 24.3 Å². The molecule has 0 heterocycles. The second-order valence-electron chi connectivity index (χ2n) is 3.94. The second kappa shape index (κ2) is 6.62. The molecule has 0 saturated carbocycles. The normalized spacial score (nSPS) is 12.4. The van der Waals surface area contributed by atoms with Gasteiger partial charge in [-0.25, -0.2) is 4.39 Å². The first-order valence-corrected chi connectivity index (χ1v) is 7.31. The first-order chi connectivity index (χ1) is 9.11. The average molecular weight is 316 g/mol. The fourth-order valence-corrected chi connectivity index (χ4v) is 3.28. The van der Waals surface area contributed by atoms with E-state index in [0.717, 1.165) is 4.90 Å². The number of rotatable bonds is 4. The van der Waals surface area contributed by atoms with Gasteiger partial charge in [0.1, 0.15) is 5.82 Å². The lowest BCUT2D eigenvalue weighted by molar-refractivity contribution is 0.608. The zero-order valence-corrected chi connectivity index (χ0v) is 12.3. The minimum atomic E-state index is -0.261. The number of hydrogen-bond acceptors (Lipinski definition) is 2. The monoisotopic (exact) mass is 315 g/mol. The predicted octanol–water partition coefficient (Wildman–Crippen LogP) is 4.92. The van der Waals surface area contributed by atoms with Gasteiger partial charge >= 0.3 is 0 Å². The molecule has 2 aromatic rings. The summed E-state index contributed by atoms with van der Waals surface area (Å²) in [4.78, 5) is 0.799. The summed E-state index contributed by atoms with van der Waals surface area (Å²) in [6.07, 6.45) is 0. The van der Waals surface area contributed by atoms with Crippen LogP contribution in [-0.4, -0.2) is 6.54 Å². The third kappa shape index (κ3) is 3.63. The Hall–Kier alpha value is -0.740. The number of hydrogen-bond donors (Lipinski definition) is 1. The second-order valence-corrected chi connectivity index (χ2v) is 6.03. The van der Waals surface area contributed by atoms with Crippen molar-refractivity contribution in [2.45, 2.75) is 10.1 Å². The molecule has 5 heteroatoms. The van der Waals surface area contributed by atoms with Crippen molar-refractivity contribution in [3.05, 3.63) is 63.9 Å². The van der Waals surface area contributed by atoms with Crippen LogP contribution in [0.3, 0.4) is 0 Å². The Morgan fingerprint density at radius 1 is 1.16 bits per heavy atom. The van der Waals surface area contributed by atoms with Crippen LogP contribution in [0, 0.1) is 5.82 Å². The molecule has 0 aliphatic rings. The highest BCUT2D eigenvalue weighted by atomic mass is 35.5. The molecule has 0 aromatic heterocycles. The summed E-state index contributed by atoms with van der Waals surface area (Å²) in [6.45, 7) is 0.314. The molecule has 2 rings (SSSR count). The maximum absolute atomic E-state index is 13.8. The molecule has 1 unspecified atom stereocenters. The van der Waals surface area contributed by atoms with Crippen LogP contribution >= 0.6 is 35.0 Å². The number of benzene rings is 2. The van der Waals surface area contributed by atoms with E-state index < -0.39 is 0 Å². The molecule has 2 N–H and O–H groups in total. The van der Waals surface area contributed by atoms with Crippen molar-refractivity contribution in [2.24, 2.45) is 5.73 Å². The zero-order valence-electron chi connectivity index (χ0n) is 9.95. The highest BCUT2D eigenvalue weighted by molar-refractivity contribution is 7.99. The Kier molecular flexibility index (Phi) is 5.11. The topological polar surface area (TPSA) is 26.0 Å². The smallest absolute Gasteiger partial charge is 0.127 e. The van der Waals surface area contributed by atoms with Crippen LogP contribution in [0.1, 0.15) is 10.8 Å². The van der Waals surface area contributed by atoms with Gasteiger partial charge in [0, 0.05) is 27.3 Å². The Morgan fingerprint density at radius 3 is 2.58 bits per heavy atom. The lowest BCUT2D eigenvalue weighted by Crippen LogP contribution is -2.10. The number of halogens is 3. The molecule has 0 saturated heterocycles. The Morgan fingerprint density at radius 2 is 1.89 bits per heavy atom. The molecule has 1 nitrogen and oxygen atoms in total. The summed E-state index contributed by atoms with van der Waals surface area (Å²) in [6, 6.07) is 11.8. The van der Waals surface area contributed by atoms with Crippen molar-refractivity contribution in [2.75, 3.05) is 6.54 Å². The highest BCUT2D eigenvalue weighted by Crippen LogP contribution is 2.39. The van der Waals surface area contributed by atoms with Gasteiger partial charge < -0.3 is 5.73 Å². The SMILES string of the molecule is NCC(Sc1cc(Cl)ccc1Cl)c1ccccc1F. The van der Waals surface area contributed by atoms with E-state index in [-0.39, 0.29) is 11.1 Å². The summed E-state index contributed by atoms with van der Waals surface area (Å²) in [5.74, 6) is -0.261. The van der Waals surface area contributed by atoms with E-state index in [9.17, 15) is 4.39 Å². The van der Waals surface area contributed by atoms with Crippen LogP contribution in [0.5, 0.6) is 0 Å². The lowest BCUT2D eigenvalue weighted by atomic mass is 10.1. The molecule has 1 atom stereocenters. The van der Waals surface area contributed by atoms with Gasteiger partial charge in [-0.15, -0.1) is 11.8 Å². The predicted molar refractivity (Wildman–Crippen MR) is 80.5 cm³/mol. The first kappa shape index (κ1) is 14.7. The van der Waals surface area contributed by atoms with E-state index >= 15 is 0 Å². The number of nitrogens with two attached hydrogens (primary N) is 1. The maximum atomic E-state index is 13.8. The van der Waals surface area contributed by atoms with E-state index in [2.05, 4.69) is 0 Å². The van der Waals surface area contributed by atoms with E-state index in [4.69, 9.17) is 28.9 Å². The molecule has 0 bridgehead atoms. The molecule has 0 amide bonds. The van der Waals surface area contributed by atoms with Crippen molar-refractivity contribution in [1.82, 2.24) is 0 Å². The van der Waals surface area contributed by atoms with Crippen LogP contribution in [-0.2, 0) is 0 Å². The average Bonchev–Trinajstić information content (AvgIpc) is 2.41. The number of thioether (sulfide) groups is 1. The molecular formula is C14H12Cl2FNS. The van der Waals surface area contributed by atoms with Gasteiger partial charge in [0.25, 0.3) is 0 Å². The third-order valence-electron chi connectivity index (χ3n) is 2.63. The van der Waals surface area contributed by atoms with Crippen LogP contribution < -0.4 is 5.73 Å². The van der Waals surface area contributed by atoms with Crippen molar-refractivity contribution >= 4 is 35.0 Å². The summed E-state index contributed by atoms with van der Waals surface area (Å²) in [5, 5.41) is 0.984. The molecule has 0 radical (unpaired) electrons. The summed E-state index contributed by atoms with van der Waals surface area (Å²) in [7, 11) is 0. The summed E-state index contributed by atoms with van der Waals surface area (Å²) in [5.41, 5.74) is 6.32. The minimum absolute atomic E-state index is 0.197. The summed E-state index contributed by atoms with van der Waals surface area (Å²) >= 11 is 13.5. The van der Waals surface area contributed by atoms with Gasteiger partial charge in [0.2, 0.25) is 0 Å². The van der Waals surface area contributed by atoms with Crippen molar-refractivity contribution in [3.8, 4) is 0 Å². The van der Waals surface area contributed by atoms with Crippen molar-refractivity contribution in [1.29, 1.82) is 0 Å². The van der Waals surface area contributed by atoms with E-state index in [1.807, 2.05) is 0 Å². The lowest BCUT2D eigenvalue weighted by Gasteiger charge is -2.16. The molecule has 0 spiro atoms. The van der Waals surface area contributed by atoms with E-state index in [1.165, 1.54) is 17.8 Å². The molecule has 0 aliphatic heterocycles. The van der Waals surface area contributed by atoms with Gasteiger partial charge in [-0.1, -0.05) is 41.4 Å². The molecule has 100 valence electrons. The molecule has 0 aliphatic carbocycles. The van der Waals surface area contributed by atoms with Crippen molar-refractivity contribution in [3.63, 3.8) is 0 Å².